The highest BCUT2D eigenvalue weighted by atomic mass is 32.2. The molecule has 19 heavy (non-hydrogen) atoms. The van der Waals surface area contributed by atoms with Gasteiger partial charge in [0.25, 0.3) is 0 Å². The lowest BCUT2D eigenvalue weighted by Gasteiger charge is -2.05. The van der Waals surface area contributed by atoms with E-state index in [0.717, 1.165) is 6.07 Å². The molecule has 0 aliphatic heterocycles. The van der Waals surface area contributed by atoms with Crippen molar-refractivity contribution in [3.8, 4) is 0 Å². The first-order valence-corrected chi connectivity index (χ1v) is 7.46. The highest BCUT2D eigenvalue weighted by molar-refractivity contribution is 7.92. The Morgan fingerprint density at radius 3 is 2.63 bits per heavy atom. The average molecular weight is 287 g/mol. The van der Waals surface area contributed by atoms with Crippen LogP contribution in [-0.4, -0.2) is 36.0 Å². The fourth-order valence-corrected chi connectivity index (χ4v) is 4.38. The Hall–Kier alpha value is -1.47. The van der Waals surface area contributed by atoms with Gasteiger partial charge in [-0.1, -0.05) is 19.1 Å². The van der Waals surface area contributed by atoms with Gasteiger partial charge in [0.05, 0.1) is 5.25 Å². The van der Waals surface area contributed by atoms with Gasteiger partial charge in [-0.2, -0.15) is 0 Å². The summed E-state index contributed by atoms with van der Waals surface area (Å²) in [7, 11) is -3.62. The SMILES string of the molecule is CCS(=O)(=O)[C@H]1[C@H](c2cccc(F)c2)[C@@]1(N)C(=O)O. The van der Waals surface area contributed by atoms with Crippen LogP contribution in [0.2, 0.25) is 0 Å². The number of halogens is 1. The number of carboxylic acids is 1. The fourth-order valence-electron chi connectivity index (χ4n) is 2.46. The molecule has 1 saturated carbocycles. The van der Waals surface area contributed by atoms with E-state index in [2.05, 4.69) is 0 Å². The number of aliphatic carboxylic acids is 1. The maximum atomic E-state index is 13.2. The first kappa shape index (κ1) is 14.0. The van der Waals surface area contributed by atoms with E-state index in [1.54, 1.807) is 0 Å². The minimum Gasteiger partial charge on any atom is -0.480 e. The van der Waals surface area contributed by atoms with Gasteiger partial charge in [0.15, 0.2) is 9.84 Å². The van der Waals surface area contributed by atoms with Crippen molar-refractivity contribution < 1.29 is 22.7 Å². The third-order valence-electron chi connectivity index (χ3n) is 3.55. The predicted molar refractivity (Wildman–Crippen MR) is 66.9 cm³/mol. The van der Waals surface area contributed by atoms with E-state index in [1.165, 1.54) is 25.1 Å². The number of benzene rings is 1. The second kappa shape index (κ2) is 4.28. The van der Waals surface area contributed by atoms with Crippen molar-refractivity contribution in [2.45, 2.75) is 23.6 Å². The van der Waals surface area contributed by atoms with Crippen molar-refractivity contribution in [2.24, 2.45) is 5.73 Å². The maximum absolute atomic E-state index is 13.2. The predicted octanol–water partition coefficient (Wildman–Crippen LogP) is 0.508. The number of hydrogen-bond donors (Lipinski definition) is 2. The van der Waals surface area contributed by atoms with Crippen molar-refractivity contribution in [2.75, 3.05) is 5.75 Å². The molecule has 0 bridgehead atoms. The smallest absolute Gasteiger partial charge is 0.325 e. The first-order chi connectivity index (χ1) is 8.75. The van der Waals surface area contributed by atoms with Crippen molar-refractivity contribution in [3.05, 3.63) is 35.6 Å². The zero-order chi connectivity index (χ0) is 14.4. The highest BCUT2D eigenvalue weighted by Crippen LogP contribution is 2.54. The summed E-state index contributed by atoms with van der Waals surface area (Å²) in [4.78, 5) is 11.2. The molecule has 0 spiro atoms. The molecule has 1 aliphatic carbocycles. The van der Waals surface area contributed by atoms with Gasteiger partial charge in [0, 0.05) is 11.7 Å². The molecule has 1 aliphatic rings. The van der Waals surface area contributed by atoms with Gasteiger partial charge in [-0.3, -0.25) is 4.79 Å². The van der Waals surface area contributed by atoms with E-state index in [4.69, 9.17) is 10.8 Å². The molecule has 0 radical (unpaired) electrons. The Morgan fingerprint density at radius 2 is 2.16 bits per heavy atom. The third kappa shape index (κ3) is 2.02. The number of carbonyl (C=O) groups is 1. The number of carboxylic acid groups (broad SMARTS) is 1. The summed E-state index contributed by atoms with van der Waals surface area (Å²) < 4.78 is 37.0. The maximum Gasteiger partial charge on any atom is 0.325 e. The van der Waals surface area contributed by atoms with Crippen molar-refractivity contribution in [1.29, 1.82) is 0 Å². The minimum atomic E-state index is -3.62. The molecule has 3 N–H and O–H groups in total. The Labute approximate surface area is 110 Å². The molecule has 0 unspecified atom stereocenters. The lowest BCUT2D eigenvalue weighted by molar-refractivity contribution is -0.139. The van der Waals surface area contributed by atoms with E-state index >= 15 is 0 Å². The van der Waals surface area contributed by atoms with Crippen LogP contribution >= 0.6 is 0 Å². The van der Waals surface area contributed by atoms with E-state index < -0.39 is 38.3 Å². The summed E-state index contributed by atoms with van der Waals surface area (Å²) in [6.45, 7) is 1.43. The van der Waals surface area contributed by atoms with Crippen LogP contribution in [0.1, 0.15) is 18.4 Å². The zero-order valence-electron chi connectivity index (χ0n) is 10.2. The van der Waals surface area contributed by atoms with Gasteiger partial charge in [-0.15, -0.1) is 0 Å². The molecule has 1 aromatic carbocycles. The number of rotatable bonds is 4. The Morgan fingerprint density at radius 1 is 1.53 bits per heavy atom. The van der Waals surface area contributed by atoms with Crippen LogP contribution in [0.4, 0.5) is 4.39 Å². The Bertz CT molecular complexity index is 630. The third-order valence-corrected chi connectivity index (χ3v) is 5.79. The molecular formula is C12H14FNO4S. The van der Waals surface area contributed by atoms with Crippen LogP contribution in [0.5, 0.6) is 0 Å². The number of hydrogen-bond acceptors (Lipinski definition) is 4. The zero-order valence-corrected chi connectivity index (χ0v) is 11.0. The van der Waals surface area contributed by atoms with Gasteiger partial charge < -0.3 is 10.8 Å². The highest BCUT2D eigenvalue weighted by Gasteiger charge is 2.73. The first-order valence-electron chi connectivity index (χ1n) is 5.74. The largest absolute Gasteiger partial charge is 0.480 e. The summed E-state index contributed by atoms with van der Waals surface area (Å²) in [5.41, 5.74) is 4.15. The fraction of sp³-hybridized carbons (Fsp3) is 0.417. The summed E-state index contributed by atoms with van der Waals surface area (Å²) >= 11 is 0. The van der Waals surface area contributed by atoms with E-state index in [9.17, 15) is 17.6 Å². The van der Waals surface area contributed by atoms with E-state index in [1.807, 2.05) is 0 Å². The molecule has 0 aromatic heterocycles. The van der Waals surface area contributed by atoms with Crippen molar-refractivity contribution >= 4 is 15.8 Å². The molecule has 0 heterocycles. The molecule has 0 amide bonds. The molecule has 2 rings (SSSR count). The standard InChI is InChI=1S/C12H14FNO4S/c1-2-19(17,18)10-9(12(10,14)11(15)16)7-4-3-5-8(13)6-7/h3-6,9-10H,2,14H2,1H3,(H,15,16)/t9-,10-,12-/m0/s1. The number of nitrogens with two attached hydrogens (primary N) is 1. The van der Waals surface area contributed by atoms with Crippen LogP contribution in [0, 0.1) is 5.82 Å². The van der Waals surface area contributed by atoms with E-state index in [-0.39, 0.29) is 5.75 Å². The molecule has 1 aromatic rings. The molecule has 104 valence electrons. The summed E-state index contributed by atoms with van der Waals surface area (Å²) in [6.07, 6.45) is 0. The minimum absolute atomic E-state index is 0.199. The normalized spacial score (nSPS) is 30.1. The van der Waals surface area contributed by atoms with Crippen molar-refractivity contribution in [1.82, 2.24) is 0 Å². The summed E-state index contributed by atoms with van der Waals surface area (Å²) in [6, 6.07) is 5.22. The van der Waals surface area contributed by atoms with Crippen LogP contribution < -0.4 is 5.73 Å². The van der Waals surface area contributed by atoms with Crippen LogP contribution in [0.3, 0.4) is 0 Å². The quantitative estimate of drug-likeness (QED) is 0.841. The molecule has 3 atom stereocenters. The van der Waals surface area contributed by atoms with Gasteiger partial charge in [0.1, 0.15) is 11.4 Å². The van der Waals surface area contributed by atoms with Gasteiger partial charge >= 0.3 is 5.97 Å². The Balaban J connectivity index is 2.49. The summed E-state index contributed by atoms with van der Waals surface area (Å²) in [5, 5.41) is 7.96. The topological polar surface area (TPSA) is 97.5 Å². The van der Waals surface area contributed by atoms with Crippen LogP contribution in [0.25, 0.3) is 0 Å². The number of sulfone groups is 1. The van der Waals surface area contributed by atoms with Gasteiger partial charge in [-0.25, -0.2) is 12.8 Å². The van der Waals surface area contributed by atoms with Gasteiger partial charge in [0.2, 0.25) is 0 Å². The average Bonchev–Trinajstić information content (AvgIpc) is 2.98. The van der Waals surface area contributed by atoms with Crippen LogP contribution in [-0.2, 0) is 14.6 Å². The molecule has 5 nitrogen and oxygen atoms in total. The van der Waals surface area contributed by atoms with E-state index in [0.29, 0.717) is 5.56 Å². The van der Waals surface area contributed by atoms with Gasteiger partial charge in [-0.05, 0) is 17.7 Å². The molecular weight excluding hydrogens is 273 g/mol. The summed E-state index contributed by atoms with van der Waals surface area (Å²) in [5.74, 6) is -3.05. The Kier molecular flexibility index (Phi) is 3.14. The lowest BCUT2D eigenvalue weighted by atomic mass is 10.1. The monoisotopic (exact) mass is 287 g/mol. The molecule has 0 saturated heterocycles. The van der Waals surface area contributed by atoms with Crippen molar-refractivity contribution in [3.63, 3.8) is 0 Å². The lowest BCUT2D eigenvalue weighted by Crippen LogP contribution is -2.40. The molecule has 1 fully saturated rings. The van der Waals surface area contributed by atoms with Crippen LogP contribution in [0.15, 0.2) is 24.3 Å². The molecule has 7 heteroatoms. The second-order valence-electron chi connectivity index (χ2n) is 4.64. The second-order valence-corrected chi connectivity index (χ2v) is 7.05.